The number of carbonyl (C=O) groups is 1. The summed E-state index contributed by atoms with van der Waals surface area (Å²) in [5.74, 6) is -0.733. The van der Waals surface area contributed by atoms with E-state index in [2.05, 4.69) is 9.97 Å². The van der Waals surface area contributed by atoms with Crippen molar-refractivity contribution in [3.8, 4) is 11.4 Å². The predicted octanol–water partition coefficient (Wildman–Crippen LogP) is 4.53. The molecule has 0 saturated carbocycles. The zero-order valence-electron chi connectivity index (χ0n) is 18.4. The van der Waals surface area contributed by atoms with Gasteiger partial charge in [-0.3, -0.25) is 24.1 Å². The van der Waals surface area contributed by atoms with Crippen molar-refractivity contribution in [2.24, 2.45) is 0 Å². The number of nitrogens with zero attached hydrogens (tertiary/aromatic N) is 4. The van der Waals surface area contributed by atoms with Crippen LogP contribution in [0.5, 0.6) is 5.75 Å². The van der Waals surface area contributed by atoms with Crippen molar-refractivity contribution < 1.29 is 13.9 Å². The van der Waals surface area contributed by atoms with Gasteiger partial charge in [0.05, 0.1) is 22.6 Å². The molecule has 0 radical (unpaired) electrons. The molecule has 3 aromatic heterocycles. The summed E-state index contributed by atoms with van der Waals surface area (Å²) in [6, 6.07) is 4.26. The number of pyridine rings is 3. The van der Waals surface area contributed by atoms with Crippen LogP contribution in [0.15, 0.2) is 47.7 Å². The van der Waals surface area contributed by atoms with E-state index >= 15 is 0 Å². The summed E-state index contributed by atoms with van der Waals surface area (Å²) >= 11 is 12.3. The van der Waals surface area contributed by atoms with Crippen LogP contribution in [0, 0.1) is 19.7 Å². The van der Waals surface area contributed by atoms with Crippen molar-refractivity contribution in [1.29, 1.82) is 0 Å². The molecule has 0 unspecified atom stereocenters. The molecule has 10 heteroatoms. The number of hydrogen-bond donors (Lipinski definition) is 0. The van der Waals surface area contributed by atoms with E-state index in [1.165, 1.54) is 16.8 Å². The van der Waals surface area contributed by atoms with Crippen LogP contribution >= 0.6 is 23.2 Å². The Kier molecular flexibility index (Phi) is 7.50. The average molecular weight is 491 g/mol. The van der Waals surface area contributed by atoms with Gasteiger partial charge in [-0.1, -0.05) is 23.2 Å². The highest BCUT2D eigenvalue weighted by molar-refractivity contribution is 6.32. The molecular formula is C23H21Cl2FN4O3. The number of carbonyl (C=O) groups excluding carboxylic acids is 1. The number of aromatic nitrogens is 3. The lowest BCUT2D eigenvalue weighted by molar-refractivity contribution is 0.104. The molecule has 33 heavy (non-hydrogen) atoms. The molecule has 0 fully saturated rings. The van der Waals surface area contributed by atoms with Crippen molar-refractivity contribution in [2.45, 2.75) is 20.5 Å². The van der Waals surface area contributed by atoms with Crippen LogP contribution in [0.25, 0.3) is 5.69 Å². The number of hydrogen-bond acceptors (Lipinski definition) is 6. The Hall–Kier alpha value is -3.23. The molecule has 0 atom stereocenters. The first-order valence-corrected chi connectivity index (χ1v) is 10.5. The molecule has 0 bridgehead atoms. The van der Waals surface area contributed by atoms with Crippen molar-refractivity contribution in [3.05, 3.63) is 91.7 Å². The fraction of sp³-hybridized carbons (Fsp3) is 0.217. The van der Waals surface area contributed by atoms with Gasteiger partial charge in [-0.25, -0.2) is 4.39 Å². The molecule has 172 valence electrons. The van der Waals surface area contributed by atoms with E-state index in [-0.39, 0.29) is 33.9 Å². The van der Waals surface area contributed by atoms with E-state index in [1.807, 2.05) is 0 Å². The first-order chi connectivity index (χ1) is 15.6. The third-order valence-electron chi connectivity index (χ3n) is 4.64. The van der Waals surface area contributed by atoms with Crippen LogP contribution in [0.3, 0.4) is 0 Å². The van der Waals surface area contributed by atoms with Crippen molar-refractivity contribution in [3.63, 3.8) is 0 Å². The van der Waals surface area contributed by atoms with E-state index in [1.54, 1.807) is 51.2 Å². The maximum atomic E-state index is 13.2. The SMILES string of the molecule is Cc1cnc(C(=O)/C=C/N(C)C)cc1-n1c(C)cc(OCc2ncc(F)cc2Cl)c(Cl)c1=O. The van der Waals surface area contributed by atoms with Crippen LogP contribution in [-0.2, 0) is 6.61 Å². The number of ketones is 1. The Morgan fingerprint density at radius 3 is 2.58 bits per heavy atom. The van der Waals surface area contributed by atoms with Crippen molar-refractivity contribution in [1.82, 2.24) is 19.4 Å². The Bertz CT molecular complexity index is 1310. The highest BCUT2D eigenvalue weighted by atomic mass is 35.5. The Labute approximate surface area is 200 Å². The second-order valence-electron chi connectivity index (χ2n) is 7.47. The lowest BCUT2D eigenvalue weighted by atomic mass is 10.1. The molecule has 0 aliphatic rings. The van der Waals surface area contributed by atoms with Crippen LogP contribution in [0.1, 0.15) is 27.4 Å². The largest absolute Gasteiger partial charge is 0.485 e. The number of halogens is 3. The second kappa shape index (κ2) is 10.1. The van der Waals surface area contributed by atoms with Crippen LogP contribution in [-0.4, -0.2) is 39.3 Å². The number of ether oxygens (including phenoxy) is 1. The molecule has 0 amide bonds. The molecule has 0 aromatic carbocycles. The number of rotatable bonds is 7. The second-order valence-corrected chi connectivity index (χ2v) is 8.26. The third kappa shape index (κ3) is 5.58. The van der Waals surface area contributed by atoms with Gasteiger partial charge < -0.3 is 9.64 Å². The highest BCUT2D eigenvalue weighted by Crippen LogP contribution is 2.26. The summed E-state index contributed by atoms with van der Waals surface area (Å²) in [7, 11) is 3.60. The van der Waals surface area contributed by atoms with Crippen LogP contribution in [0.4, 0.5) is 4.39 Å². The summed E-state index contributed by atoms with van der Waals surface area (Å²) in [6.07, 6.45) is 5.56. The molecule has 0 saturated heterocycles. The number of aryl methyl sites for hydroxylation is 2. The maximum absolute atomic E-state index is 13.2. The fourth-order valence-electron chi connectivity index (χ4n) is 2.97. The van der Waals surface area contributed by atoms with E-state index in [4.69, 9.17) is 27.9 Å². The smallest absolute Gasteiger partial charge is 0.277 e. The van der Waals surface area contributed by atoms with Gasteiger partial charge in [-0.2, -0.15) is 0 Å². The van der Waals surface area contributed by atoms with Gasteiger partial charge in [-0.05, 0) is 31.5 Å². The molecule has 3 heterocycles. The minimum atomic E-state index is -0.567. The van der Waals surface area contributed by atoms with Gasteiger partial charge in [-0.15, -0.1) is 0 Å². The van der Waals surface area contributed by atoms with Gasteiger partial charge in [0, 0.05) is 44.3 Å². The van der Waals surface area contributed by atoms with E-state index in [0.717, 1.165) is 12.3 Å². The lowest BCUT2D eigenvalue weighted by Crippen LogP contribution is -2.23. The van der Waals surface area contributed by atoms with Crippen LogP contribution in [0.2, 0.25) is 10.0 Å². The van der Waals surface area contributed by atoms with Gasteiger partial charge in [0.25, 0.3) is 5.56 Å². The van der Waals surface area contributed by atoms with Gasteiger partial charge >= 0.3 is 0 Å². The minimum Gasteiger partial charge on any atom is -0.485 e. The monoisotopic (exact) mass is 490 g/mol. The zero-order chi connectivity index (χ0) is 24.3. The van der Waals surface area contributed by atoms with Crippen molar-refractivity contribution >= 4 is 29.0 Å². The molecule has 0 spiro atoms. The van der Waals surface area contributed by atoms with Gasteiger partial charge in [0.2, 0.25) is 5.78 Å². The standard InChI is InChI=1S/C23H21Cl2FN4O3/c1-13-10-27-17(20(31)5-6-29(3)4)9-19(13)30-14(2)7-21(22(25)23(30)32)33-12-18-16(24)8-15(26)11-28-18/h5-11H,12H2,1-4H3/b6-5+. The zero-order valence-corrected chi connectivity index (χ0v) is 19.9. The first-order valence-electron chi connectivity index (χ1n) is 9.79. The predicted molar refractivity (Wildman–Crippen MR) is 125 cm³/mol. The molecule has 3 aromatic rings. The highest BCUT2D eigenvalue weighted by Gasteiger charge is 2.17. The van der Waals surface area contributed by atoms with Crippen LogP contribution < -0.4 is 10.3 Å². The summed E-state index contributed by atoms with van der Waals surface area (Å²) in [4.78, 5) is 35.4. The van der Waals surface area contributed by atoms with Gasteiger partial charge in [0.1, 0.15) is 28.9 Å². The molecule has 7 nitrogen and oxygen atoms in total. The summed E-state index contributed by atoms with van der Waals surface area (Å²) in [6.45, 7) is 3.38. The Balaban J connectivity index is 1.97. The van der Waals surface area contributed by atoms with Crippen molar-refractivity contribution in [2.75, 3.05) is 14.1 Å². The van der Waals surface area contributed by atoms with Gasteiger partial charge in [0.15, 0.2) is 0 Å². The Morgan fingerprint density at radius 1 is 1.18 bits per heavy atom. The molecule has 0 aliphatic carbocycles. The minimum absolute atomic E-state index is 0.101. The maximum Gasteiger partial charge on any atom is 0.277 e. The molecule has 3 rings (SSSR count). The molecular weight excluding hydrogens is 470 g/mol. The van der Waals surface area contributed by atoms with E-state index in [9.17, 15) is 14.0 Å². The summed E-state index contributed by atoms with van der Waals surface area (Å²) in [5, 5.41) is -0.0560. The quantitative estimate of drug-likeness (QED) is 0.357. The summed E-state index contributed by atoms with van der Waals surface area (Å²) < 4.78 is 20.2. The first kappa shape index (κ1) is 24.4. The summed E-state index contributed by atoms with van der Waals surface area (Å²) in [5.41, 5.74) is 1.64. The fourth-order valence-corrected chi connectivity index (χ4v) is 3.37. The average Bonchev–Trinajstić information content (AvgIpc) is 2.75. The molecule has 0 N–H and O–H groups in total. The molecule has 0 aliphatic heterocycles. The van der Waals surface area contributed by atoms with E-state index in [0.29, 0.717) is 22.6 Å². The topological polar surface area (TPSA) is 77.3 Å². The normalized spacial score (nSPS) is 11.1. The third-order valence-corrected chi connectivity index (χ3v) is 5.32. The number of allylic oxidation sites excluding steroid dienone is 1. The Morgan fingerprint density at radius 2 is 1.91 bits per heavy atom. The lowest BCUT2D eigenvalue weighted by Gasteiger charge is -2.16. The van der Waals surface area contributed by atoms with E-state index < -0.39 is 11.4 Å².